The van der Waals surface area contributed by atoms with Crippen LogP contribution in [0.2, 0.25) is 0 Å². The number of aromatic nitrogens is 2. The largest absolute Gasteiger partial charge is 0.507 e. The molecule has 0 bridgehead atoms. The van der Waals surface area contributed by atoms with E-state index >= 15 is 0 Å². The van der Waals surface area contributed by atoms with Crippen LogP contribution in [0.1, 0.15) is 52.7 Å². The first kappa shape index (κ1) is 26.6. The van der Waals surface area contributed by atoms with E-state index in [1.165, 1.54) is 0 Å². The first-order valence-corrected chi connectivity index (χ1v) is 11.5. The van der Waals surface area contributed by atoms with Crippen molar-refractivity contribution >= 4 is 0 Å². The van der Waals surface area contributed by atoms with E-state index in [2.05, 4.69) is 64.7 Å². The van der Waals surface area contributed by atoms with E-state index < -0.39 is 0 Å². The molecule has 2 aromatic carbocycles. The number of phenols is 1. The third-order valence-electron chi connectivity index (χ3n) is 5.71. The summed E-state index contributed by atoms with van der Waals surface area (Å²) >= 11 is 0. The van der Waals surface area contributed by atoms with Crippen molar-refractivity contribution in [2.75, 3.05) is 0 Å². The first-order valence-electron chi connectivity index (χ1n) is 11.5. The first-order chi connectivity index (χ1) is 16.0. The fourth-order valence-corrected chi connectivity index (χ4v) is 3.75. The van der Waals surface area contributed by atoms with Crippen molar-refractivity contribution in [3.8, 4) is 39.9 Å². The van der Waals surface area contributed by atoms with Crippen LogP contribution in [0, 0.1) is 6.07 Å². The molecule has 0 fully saturated rings. The number of phenolic OH excluding ortho intramolecular Hbond substituents is 1. The monoisotopic (exact) mass is 646 g/mol. The maximum atomic E-state index is 11.3. The SMILES string of the molecule is CC(C)(C)c1cc(-c2cccc(-c3[c-]c(Oc4ccccn4)ccc3)n2)c(O)c(C(C)(C)C)c1.[Pt]. The van der Waals surface area contributed by atoms with Crippen molar-refractivity contribution in [1.82, 2.24) is 9.97 Å². The summed E-state index contributed by atoms with van der Waals surface area (Å²) in [5.41, 5.74) is 4.82. The third-order valence-corrected chi connectivity index (χ3v) is 5.71. The molecule has 1 N–H and O–H groups in total. The summed E-state index contributed by atoms with van der Waals surface area (Å²) < 4.78 is 5.85. The van der Waals surface area contributed by atoms with Crippen LogP contribution in [0.5, 0.6) is 17.4 Å². The van der Waals surface area contributed by atoms with Crippen LogP contribution < -0.4 is 4.74 Å². The molecule has 0 aliphatic rings. The standard InChI is InChI=1S/C30H31N2O2.Pt/c1-29(2,3)21-18-23(28(33)24(19-21)30(4,5)6)26-14-10-13-25(32-26)20-11-9-12-22(17-20)34-27-15-7-8-16-31-27;/h7-16,18-19,33H,1-6H3;/q-1;. The minimum atomic E-state index is -0.206. The zero-order chi connectivity index (χ0) is 24.5. The van der Waals surface area contributed by atoms with Gasteiger partial charge in [0.2, 0.25) is 5.88 Å². The molecule has 2 aromatic heterocycles. The van der Waals surface area contributed by atoms with Gasteiger partial charge in [-0.1, -0.05) is 71.9 Å². The van der Waals surface area contributed by atoms with Crippen LogP contribution >= 0.6 is 0 Å². The molecule has 0 unspecified atom stereocenters. The average molecular weight is 647 g/mol. The number of hydrogen-bond acceptors (Lipinski definition) is 4. The summed E-state index contributed by atoms with van der Waals surface area (Å²) in [5.74, 6) is 1.36. The average Bonchev–Trinajstić information content (AvgIpc) is 2.78. The van der Waals surface area contributed by atoms with Gasteiger partial charge in [0, 0.05) is 50.2 Å². The van der Waals surface area contributed by atoms with Crippen molar-refractivity contribution in [2.24, 2.45) is 0 Å². The van der Waals surface area contributed by atoms with Gasteiger partial charge in [-0.05, 0) is 40.3 Å². The van der Waals surface area contributed by atoms with E-state index in [1.807, 2.05) is 48.5 Å². The van der Waals surface area contributed by atoms with Crippen molar-refractivity contribution < 1.29 is 30.9 Å². The van der Waals surface area contributed by atoms with Crippen LogP contribution in [0.4, 0.5) is 0 Å². The van der Waals surface area contributed by atoms with Crippen LogP contribution in [0.25, 0.3) is 22.5 Å². The Hall–Kier alpha value is -2.97. The van der Waals surface area contributed by atoms with Crippen LogP contribution in [-0.2, 0) is 31.9 Å². The number of pyridine rings is 2. The Morgan fingerprint density at radius 3 is 2.17 bits per heavy atom. The number of ether oxygens (including phenoxy) is 1. The van der Waals surface area contributed by atoms with E-state index in [4.69, 9.17) is 9.72 Å². The summed E-state index contributed by atoms with van der Waals surface area (Å²) in [6, 6.07) is 24.5. The van der Waals surface area contributed by atoms with Gasteiger partial charge in [0.05, 0.1) is 5.69 Å². The minimum Gasteiger partial charge on any atom is -0.507 e. The van der Waals surface area contributed by atoms with Crippen molar-refractivity contribution in [3.63, 3.8) is 0 Å². The quantitative estimate of drug-likeness (QED) is 0.231. The molecule has 0 saturated carbocycles. The second-order valence-corrected chi connectivity index (χ2v) is 10.5. The molecule has 35 heavy (non-hydrogen) atoms. The second kappa shape index (κ2) is 10.3. The molecule has 4 nitrogen and oxygen atoms in total. The molecular formula is C30H31N2O2Pt-. The van der Waals surface area contributed by atoms with Crippen LogP contribution in [0.15, 0.2) is 72.9 Å². The molecule has 0 aliphatic carbocycles. The molecule has 4 aromatic rings. The van der Waals surface area contributed by atoms with E-state index in [9.17, 15) is 5.11 Å². The number of benzene rings is 2. The van der Waals surface area contributed by atoms with E-state index in [1.54, 1.807) is 12.3 Å². The van der Waals surface area contributed by atoms with Crippen molar-refractivity contribution in [3.05, 3.63) is 90.1 Å². The minimum absolute atomic E-state index is 0. The van der Waals surface area contributed by atoms with E-state index in [0.29, 0.717) is 11.6 Å². The Labute approximate surface area is 222 Å². The Bertz CT molecular complexity index is 1310. The smallest absolute Gasteiger partial charge is 0.217 e. The topological polar surface area (TPSA) is 55.2 Å². The maximum absolute atomic E-state index is 11.3. The Morgan fingerprint density at radius 2 is 1.51 bits per heavy atom. The van der Waals surface area contributed by atoms with Gasteiger partial charge >= 0.3 is 0 Å². The fraction of sp³-hybridized carbons (Fsp3) is 0.267. The molecule has 5 heteroatoms. The van der Waals surface area contributed by atoms with Crippen molar-refractivity contribution in [1.29, 1.82) is 0 Å². The molecular weight excluding hydrogens is 615 g/mol. The molecule has 4 rings (SSSR count). The second-order valence-electron chi connectivity index (χ2n) is 10.5. The van der Waals surface area contributed by atoms with Gasteiger partial charge in [0.1, 0.15) is 5.75 Å². The Kier molecular flexibility index (Phi) is 7.86. The number of rotatable bonds is 4. The Balaban J connectivity index is 0.00000342. The number of hydrogen-bond donors (Lipinski definition) is 1. The molecule has 0 spiro atoms. The van der Waals surface area contributed by atoms with E-state index in [0.717, 1.165) is 33.6 Å². The zero-order valence-electron chi connectivity index (χ0n) is 21.0. The van der Waals surface area contributed by atoms with Gasteiger partial charge in [-0.15, -0.1) is 23.8 Å². The molecule has 0 radical (unpaired) electrons. The summed E-state index contributed by atoms with van der Waals surface area (Å²) in [7, 11) is 0. The van der Waals surface area contributed by atoms with Gasteiger partial charge in [-0.3, -0.25) is 4.98 Å². The Morgan fingerprint density at radius 1 is 0.800 bits per heavy atom. The van der Waals surface area contributed by atoms with Gasteiger partial charge < -0.3 is 9.84 Å². The normalized spacial score (nSPS) is 11.6. The third kappa shape index (κ3) is 6.18. The summed E-state index contributed by atoms with van der Waals surface area (Å²) in [4.78, 5) is 9.12. The molecule has 0 atom stereocenters. The van der Waals surface area contributed by atoms with Crippen LogP contribution in [-0.4, -0.2) is 15.1 Å². The van der Waals surface area contributed by atoms with E-state index in [-0.39, 0.29) is 37.6 Å². The van der Waals surface area contributed by atoms with Gasteiger partial charge in [0.15, 0.2) is 0 Å². The predicted octanol–water partition coefficient (Wildman–Crippen LogP) is 7.70. The molecule has 0 amide bonds. The van der Waals surface area contributed by atoms with Gasteiger partial charge in [-0.2, -0.15) is 0 Å². The molecule has 2 heterocycles. The summed E-state index contributed by atoms with van der Waals surface area (Å²) in [6.07, 6.45) is 1.69. The van der Waals surface area contributed by atoms with Gasteiger partial charge in [-0.25, -0.2) is 4.98 Å². The number of nitrogens with zero attached hydrogens (tertiary/aromatic N) is 2. The van der Waals surface area contributed by atoms with Gasteiger partial charge in [0.25, 0.3) is 0 Å². The predicted molar refractivity (Wildman–Crippen MR) is 137 cm³/mol. The molecule has 0 saturated heterocycles. The van der Waals surface area contributed by atoms with Crippen LogP contribution in [0.3, 0.4) is 0 Å². The summed E-state index contributed by atoms with van der Waals surface area (Å²) in [6.45, 7) is 12.9. The maximum Gasteiger partial charge on any atom is 0.217 e. The fourth-order valence-electron chi connectivity index (χ4n) is 3.75. The summed E-state index contributed by atoms with van der Waals surface area (Å²) in [5, 5.41) is 11.3. The van der Waals surface area contributed by atoms with Crippen molar-refractivity contribution in [2.45, 2.75) is 52.4 Å². The molecule has 0 aliphatic heterocycles. The zero-order valence-corrected chi connectivity index (χ0v) is 23.3. The number of aromatic hydroxyl groups is 1. The molecule has 184 valence electrons.